The molecule has 2 rings (SSSR count). The van der Waals surface area contributed by atoms with Crippen LogP contribution in [0.2, 0.25) is 0 Å². The first-order valence-electron chi connectivity index (χ1n) is 11.6. The SMILES string of the molecule is NC(=O)CC(NC(=O)C(Cc1ccc(O)cc1)NC(=O)C(N)Cc1ccccc1)C(=O)NC(CO)C(=O)O. The van der Waals surface area contributed by atoms with Crippen molar-refractivity contribution >= 4 is 29.6 Å². The predicted octanol–water partition coefficient (Wildman–Crippen LogP) is -2.09. The summed E-state index contributed by atoms with van der Waals surface area (Å²) in [6.45, 7) is -0.933. The minimum absolute atomic E-state index is 0.0151. The molecule has 4 unspecified atom stereocenters. The normalized spacial score (nSPS) is 13.8. The summed E-state index contributed by atoms with van der Waals surface area (Å²) in [5, 5.41) is 34.6. The number of amides is 4. The van der Waals surface area contributed by atoms with Gasteiger partial charge in [0.25, 0.3) is 0 Å². The average Bonchev–Trinajstić information content (AvgIpc) is 2.87. The van der Waals surface area contributed by atoms with Crippen molar-refractivity contribution < 1.29 is 39.3 Å². The highest BCUT2D eigenvalue weighted by Crippen LogP contribution is 2.12. The molecule has 4 atom stereocenters. The van der Waals surface area contributed by atoms with E-state index in [9.17, 15) is 29.1 Å². The predicted molar refractivity (Wildman–Crippen MR) is 134 cm³/mol. The minimum atomic E-state index is -1.68. The number of carbonyl (C=O) groups excluding carboxylic acids is 4. The number of benzene rings is 2. The van der Waals surface area contributed by atoms with Gasteiger partial charge in [-0.1, -0.05) is 42.5 Å². The molecule has 0 aliphatic rings. The van der Waals surface area contributed by atoms with Gasteiger partial charge in [0.05, 0.1) is 19.1 Å². The van der Waals surface area contributed by atoms with Crippen LogP contribution in [0, 0.1) is 0 Å². The molecule has 13 heteroatoms. The zero-order valence-electron chi connectivity index (χ0n) is 20.4. The third-order valence-electron chi connectivity index (χ3n) is 5.48. The molecular weight excluding hydrogens is 498 g/mol. The van der Waals surface area contributed by atoms with Gasteiger partial charge in [0.2, 0.25) is 23.6 Å². The number of rotatable bonds is 14. The Hall–Kier alpha value is -4.49. The van der Waals surface area contributed by atoms with Crippen LogP contribution in [0.4, 0.5) is 0 Å². The highest BCUT2D eigenvalue weighted by Gasteiger charge is 2.31. The minimum Gasteiger partial charge on any atom is -0.508 e. The number of carbonyl (C=O) groups is 5. The molecule has 0 aliphatic heterocycles. The zero-order valence-corrected chi connectivity index (χ0v) is 20.4. The second kappa shape index (κ2) is 14.3. The number of aromatic hydroxyl groups is 1. The van der Waals surface area contributed by atoms with E-state index in [1.807, 2.05) is 11.4 Å². The number of phenols is 1. The largest absolute Gasteiger partial charge is 0.508 e. The number of carboxylic acids is 1. The Morgan fingerprint density at radius 3 is 1.82 bits per heavy atom. The number of nitrogens with one attached hydrogen (secondary N) is 3. The Kier molecular flexibility index (Phi) is 11.2. The molecule has 0 spiro atoms. The first kappa shape index (κ1) is 29.7. The van der Waals surface area contributed by atoms with E-state index in [4.69, 9.17) is 21.7 Å². The number of aliphatic hydroxyl groups excluding tert-OH is 1. The van der Waals surface area contributed by atoms with Gasteiger partial charge in [-0.25, -0.2) is 4.79 Å². The molecule has 0 saturated heterocycles. The number of hydrogen-bond donors (Lipinski definition) is 8. The van der Waals surface area contributed by atoms with Gasteiger partial charge in [0.1, 0.15) is 23.9 Å². The van der Waals surface area contributed by atoms with Gasteiger partial charge >= 0.3 is 5.97 Å². The molecule has 0 fully saturated rings. The summed E-state index contributed by atoms with van der Waals surface area (Å²) < 4.78 is 0. The van der Waals surface area contributed by atoms with E-state index in [2.05, 4.69) is 10.6 Å². The zero-order chi connectivity index (χ0) is 28.2. The fraction of sp³-hybridized carbons (Fsp3) is 0.320. The summed E-state index contributed by atoms with van der Waals surface area (Å²) in [5.74, 6) is -5.13. The molecule has 0 heterocycles. The maximum atomic E-state index is 13.2. The molecule has 13 nitrogen and oxygen atoms in total. The molecule has 10 N–H and O–H groups in total. The van der Waals surface area contributed by atoms with Crippen molar-refractivity contribution in [3.8, 4) is 5.75 Å². The molecule has 38 heavy (non-hydrogen) atoms. The van der Waals surface area contributed by atoms with Crippen molar-refractivity contribution in [2.24, 2.45) is 11.5 Å². The molecule has 0 aromatic heterocycles. The molecule has 2 aromatic carbocycles. The summed E-state index contributed by atoms with van der Waals surface area (Å²) in [6.07, 6.45) is -0.567. The second-order valence-corrected chi connectivity index (χ2v) is 8.54. The Bertz CT molecular complexity index is 1130. The average molecular weight is 530 g/mol. The summed E-state index contributed by atoms with van der Waals surface area (Å²) in [4.78, 5) is 61.3. The van der Waals surface area contributed by atoms with Crippen LogP contribution in [0.3, 0.4) is 0 Å². The third kappa shape index (κ3) is 9.52. The monoisotopic (exact) mass is 529 g/mol. The molecular formula is C25H31N5O8. The number of nitrogens with two attached hydrogens (primary N) is 2. The highest BCUT2D eigenvalue weighted by molar-refractivity contribution is 5.96. The standard InChI is InChI=1S/C25H31N5O8/c26-17(10-14-4-2-1-3-5-14)22(34)28-18(11-15-6-8-16(32)9-7-15)23(35)29-19(12-21(27)33)24(36)30-20(13-31)25(37)38/h1-9,17-20,31-32H,10-13,26H2,(H2,27,33)(H,28,34)(H,29,35)(H,30,36)(H,37,38). The van der Waals surface area contributed by atoms with E-state index in [1.54, 1.807) is 24.3 Å². The van der Waals surface area contributed by atoms with Crippen molar-refractivity contribution in [3.63, 3.8) is 0 Å². The van der Waals surface area contributed by atoms with Gasteiger partial charge in [-0.3, -0.25) is 19.2 Å². The summed E-state index contributed by atoms with van der Waals surface area (Å²) in [6, 6.07) is 9.23. The highest BCUT2D eigenvalue weighted by atomic mass is 16.4. The van der Waals surface area contributed by atoms with Crippen LogP contribution in [0.5, 0.6) is 5.75 Å². The lowest BCUT2D eigenvalue weighted by atomic mass is 10.0. The fourth-order valence-electron chi connectivity index (χ4n) is 3.46. The molecule has 0 radical (unpaired) electrons. The number of aliphatic hydroxyl groups is 1. The molecule has 204 valence electrons. The van der Waals surface area contributed by atoms with Gasteiger partial charge < -0.3 is 42.7 Å². The van der Waals surface area contributed by atoms with Crippen LogP contribution >= 0.6 is 0 Å². The van der Waals surface area contributed by atoms with Crippen molar-refractivity contribution in [2.75, 3.05) is 6.61 Å². The van der Waals surface area contributed by atoms with Crippen molar-refractivity contribution in [1.29, 1.82) is 0 Å². The van der Waals surface area contributed by atoms with Crippen LogP contribution in [-0.2, 0) is 36.8 Å². The van der Waals surface area contributed by atoms with Crippen LogP contribution < -0.4 is 27.4 Å². The lowest BCUT2D eigenvalue weighted by Crippen LogP contribution is -2.58. The van der Waals surface area contributed by atoms with Gasteiger partial charge in [0, 0.05) is 6.42 Å². The number of phenolic OH excluding ortho intramolecular Hbond substituents is 1. The quantitative estimate of drug-likeness (QED) is 0.134. The van der Waals surface area contributed by atoms with Crippen LogP contribution in [0.25, 0.3) is 0 Å². The first-order chi connectivity index (χ1) is 18.0. The number of primary amides is 1. The van der Waals surface area contributed by atoms with Crippen LogP contribution in [0.1, 0.15) is 17.5 Å². The second-order valence-electron chi connectivity index (χ2n) is 8.54. The first-order valence-corrected chi connectivity index (χ1v) is 11.6. The van der Waals surface area contributed by atoms with E-state index < -0.39 is 66.8 Å². The van der Waals surface area contributed by atoms with E-state index >= 15 is 0 Å². The van der Waals surface area contributed by atoms with E-state index in [0.717, 1.165) is 5.56 Å². The van der Waals surface area contributed by atoms with Crippen LogP contribution in [-0.4, -0.2) is 75.7 Å². The van der Waals surface area contributed by atoms with E-state index in [1.165, 1.54) is 24.3 Å². The van der Waals surface area contributed by atoms with E-state index in [-0.39, 0.29) is 18.6 Å². The molecule has 0 aliphatic carbocycles. The maximum absolute atomic E-state index is 13.2. The molecule has 2 aromatic rings. The molecule has 0 bridgehead atoms. The lowest BCUT2D eigenvalue weighted by Gasteiger charge is -2.24. The van der Waals surface area contributed by atoms with Gasteiger partial charge in [0.15, 0.2) is 0 Å². The van der Waals surface area contributed by atoms with E-state index in [0.29, 0.717) is 5.56 Å². The summed E-state index contributed by atoms with van der Waals surface area (Å²) >= 11 is 0. The van der Waals surface area contributed by atoms with Gasteiger partial charge in [-0.15, -0.1) is 0 Å². The molecule has 4 amide bonds. The Morgan fingerprint density at radius 2 is 1.26 bits per heavy atom. The maximum Gasteiger partial charge on any atom is 0.328 e. The number of aliphatic carboxylic acids is 1. The van der Waals surface area contributed by atoms with Gasteiger partial charge in [-0.2, -0.15) is 0 Å². The molecule has 0 saturated carbocycles. The third-order valence-corrected chi connectivity index (χ3v) is 5.48. The smallest absolute Gasteiger partial charge is 0.328 e. The topological polar surface area (TPSA) is 234 Å². The Labute approximate surface area is 218 Å². The van der Waals surface area contributed by atoms with Crippen molar-refractivity contribution in [1.82, 2.24) is 16.0 Å². The Morgan fingerprint density at radius 1 is 0.737 bits per heavy atom. The number of hydrogen-bond acceptors (Lipinski definition) is 8. The number of carboxylic acid groups (broad SMARTS) is 1. The van der Waals surface area contributed by atoms with Crippen molar-refractivity contribution in [2.45, 2.75) is 43.4 Å². The summed E-state index contributed by atoms with van der Waals surface area (Å²) in [7, 11) is 0. The lowest BCUT2D eigenvalue weighted by molar-refractivity contribution is -0.143. The fourth-order valence-corrected chi connectivity index (χ4v) is 3.46. The van der Waals surface area contributed by atoms with Crippen molar-refractivity contribution in [3.05, 3.63) is 65.7 Å². The van der Waals surface area contributed by atoms with Crippen LogP contribution in [0.15, 0.2) is 54.6 Å². The Balaban J connectivity index is 2.23. The summed E-state index contributed by atoms with van der Waals surface area (Å²) in [5.41, 5.74) is 12.6. The van der Waals surface area contributed by atoms with Gasteiger partial charge in [-0.05, 0) is 29.7 Å².